The van der Waals surface area contributed by atoms with Crippen LogP contribution in [-0.4, -0.2) is 12.4 Å². The molecule has 0 unspecified atom stereocenters. The lowest BCUT2D eigenvalue weighted by Gasteiger charge is -2.10. The van der Waals surface area contributed by atoms with Crippen molar-refractivity contribution in [3.63, 3.8) is 0 Å². The molecule has 46 heavy (non-hydrogen) atoms. The number of nitrogens with one attached hydrogen (secondary N) is 2. The van der Waals surface area contributed by atoms with E-state index in [0.29, 0.717) is 33.3 Å². The van der Waals surface area contributed by atoms with Gasteiger partial charge in [-0.05, 0) is 66.7 Å². The molecule has 7 rings (SSSR count). The zero-order valence-electron chi connectivity index (χ0n) is 24.4. The van der Waals surface area contributed by atoms with Gasteiger partial charge in [-0.15, -0.1) is 0 Å². The quantitative estimate of drug-likeness (QED) is 0.168. The van der Waals surface area contributed by atoms with Crippen molar-refractivity contribution >= 4 is 68.9 Å². The highest BCUT2D eigenvalue weighted by Crippen LogP contribution is 2.26. The minimum atomic E-state index is -0.209. The van der Waals surface area contributed by atoms with Gasteiger partial charge in [-0.2, -0.15) is 0 Å². The normalized spacial score (nSPS) is 11.5. The second-order valence-corrected chi connectivity index (χ2v) is 10.4. The summed E-state index contributed by atoms with van der Waals surface area (Å²) in [6.07, 6.45) is 2.98. The van der Waals surface area contributed by atoms with Crippen LogP contribution in [0.1, 0.15) is 11.1 Å². The van der Waals surface area contributed by atoms with E-state index in [9.17, 15) is 9.59 Å². The number of fused-ring (bicyclic) bond motifs is 2. The predicted molar refractivity (Wildman–Crippen MR) is 185 cm³/mol. The van der Waals surface area contributed by atoms with Gasteiger partial charge < -0.3 is 19.5 Å². The first kappa shape index (κ1) is 28.2. The third kappa shape index (κ3) is 5.95. The second kappa shape index (κ2) is 12.6. The molecule has 8 nitrogen and oxygen atoms in total. The van der Waals surface area contributed by atoms with E-state index in [2.05, 4.69) is 20.6 Å². The van der Waals surface area contributed by atoms with Crippen molar-refractivity contribution in [2.75, 3.05) is 10.6 Å². The molecule has 0 spiro atoms. The number of para-hydroxylation sites is 4. The van der Waals surface area contributed by atoms with Crippen LogP contribution < -0.4 is 21.5 Å². The fourth-order valence-electron chi connectivity index (χ4n) is 4.97. The molecule has 2 aromatic heterocycles. The smallest absolute Gasteiger partial charge is 0.210 e. The van der Waals surface area contributed by atoms with Gasteiger partial charge in [-0.3, -0.25) is 19.6 Å². The van der Waals surface area contributed by atoms with Gasteiger partial charge in [-0.1, -0.05) is 66.7 Å². The third-order valence-electron chi connectivity index (χ3n) is 7.24. The van der Waals surface area contributed by atoms with Crippen LogP contribution in [-0.2, 0) is 0 Å². The average Bonchev–Trinajstić information content (AvgIpc) is 3.09. The summed E-state index contributed by atoms with van der Waals surface area (Å²) in [5.41, 5.74) is 3.74. The van der Waals surface area contributed by atoms with Gasteiger partial charge >= 0.3 is 0 Å². The first-order chi connectivity index (χ1) is 22.6. The number of rotatable bonds is 8. The summed E-state index contributed by atoms with van der Waals surface area (Å²) in [5, 5.41) is 7.32. The Morgan fingerprint density at radius 1 is 0.478 bits per heavy atom. The molecule has 0 atom stereocenters. The van der Waals surface area contributed by atoms with Gasteiger partial charge in [0.2, 0.25) is 22.6 Å². The molecule has 0 amide bonds. The molecule has 0 aliphatic heterocycles. The summed E-state index contributed by atoms with van der Waals surface area (Å²) in [4.78, 5) is 36.2. The molecular weight excluding hydrogens is 576 g/mol. The lowest BCUT2D eigenvalue weighted by atomic mass is 10.1. The average molecular weight is 603 g/mol. The molecule has 8 heteroatoms. The molecule has 222 valence electrons. The lowest BCUT2D eigenvalue weighted by Crippen LogP contribution is -2.12. The zero-order chi connectivity index (χ0) is 31.3. The number of hydrogen-bond donors (Lipinski definition) is 2. The van der Waals surface area contributed by atoms with Crippen molar-refractivity contribution in [1.29, 1.82) is 0 Å². The van der Waals surface area contributed by atoms with Gasteiger partial charge in [0.1, 0.15) is 22.3 Å². The SMILES string of the molecule is O=c1c(C=Nc2cccc(N=Cc3c(Nc4ccccc4)oc4ccccc4c3=O)c2)c(Nc2ccccc2)oc2ccccc12. The summed E-state index contributed by atoms with van der Waals surface area (Å²) < 4.78 is 12.2. The first-order valence-corrected chi connectivity index (χ1v) is 14.6. The van der Waals surface area contributed by atoms with Gasteiger partial charge in [0.05, 0.1) is 22.1 Å². The first-order valence-electron chi connectivity index (χ1n) is 14.6. The Kier molecular flexibility index (Phi) is 7.73. The number of hydrogen-bond acceptors (Lipinski definition) is 8. The molecule has 5 aromatic carbocycles. The molecule has 0 fully saturated rings. The molecule has 0 saturated carbocycles. The number of benzene rings is 5. The van der Waals surface area contributed by atoms with E-state index in [0.717, 1.165) is 11.4 Å². The largest absolute Gasteiger partial charge is 0.439 e. The van der Waals surface area contributed by atoms with Crippen molar-refractivity contribution in [1.82, 2.24) is 0 Å². The van der Waals surface area contributed by atoms with Crippen LogP contribution in [0.25, 0.3) is 21.9 Å². The van der Waals surface area contributed by atoms with E-state index in [-0.39, 0.29) is 33.8 Å². The Hall–Kier alpha value is -6.54. The molecule has 0 aliphatic rings. The molecule has 2 N–H and O–H groups in total. The highest BCUT2D eigenvalue weighted by Gasteiger charge is 2.15. The summed E-state index contributed by atoms with van der Waals surface area (Å²) in [7, 11) is 0. The maximum atomic E-state index is 13.5. The highest BCUT2D eigenvalue weighted by atomic mass is 16.4. The fraction of sp³-hybridized carbons (Fsp3) is 0. The van der Waals surface area contributed by atoms with Crippen molar-refractivity contribution in [2.45, 2.75) is 0 Å². The maximum Gasteiger partial charge on any atom is 0.210 e. The predicted octanol–water partition coefficient (Wildman–Crippen LogP) is 8.89. The number of anilines is 4. The second-order valence-electron chi connectivity index (χ2n) is 10.4. The van der Waals surface area contributed by atoms with Crippen molar-refractivity contribution in [3.8, 4) is 0 Å². The standard InChI is InChI=1S/C38H26N4O4/c43-35-29-18-7-9-20-33(29)45-37(41-25-12-3-1-4-13-25)31(35)23-39-27-16-11-17-28(22-27)40-24-32-36(44)30-19-8-10-21-34(30)46-38(32)42-26-14-5-2-6-15-26/h1-24,41-42H. The van der Waals surface area contributed by atoms with Crippen LogP contribution in [0.2, 0.25) is 0 Å². The van der Waals surface area contributed by atoms with E-state index in [1.165, 1.54) is 12.4 Å². The summed E-state index contributed by atoms with van der Waals surface area (Å²) in [5.74, 6) is 0.573. The summed E-state index contributed by atoms with van der Waals surface area (Å²) in [6, 6.07) is 40.3. The van der Waals surface area contributed by atoms with Gasteiger partial charge in [0, 0.05) is 23.8 Å². The molecule has 0 aliphatic carbocycles. The minimum Gasteiger partial charge on any atom is -0.439 e. The highest BCUT2D eigenvalue weighted by molar-refractivity contribution is 5.95. The van der Waals surface area contributed by atoms with Gasteiger partial charge in [0.15, 0.2) is 0 Å². The van der Waals surface area contributed by atoms with Crippen molar-refractivity contribution < 1.29 is 8.83 Å². The Bertz CT molecular complexity index is 2200. The third-order valence-corrected chi connectivity index (χ3v) is 7.24. The molecule has 0 saturated heterocycles. The van der Waals surface area contributed by atoms with Crippen molar-refractivity contribution in [2.24, 2.45) is 9.98 Å². The maximum absolute atomic E-state index is 13.5. The number of nitrogens with zero attached hydrogens (tertiary/aromatic N) is 2. The Balaban J connectivity index is 1.23. The van der Waals surface area contributed by atoms with Crippen LogP contribution in [0.15, 0.2) is 162 Å². The minimum absolute atomic E-state index is 0.209. The molecular formula is C38H26N4O4. The Morgan fingerprint density at radius 3 is 1.35 bits per heavy atom. The monoisotopic (exact) mass is 602 g/mol. The summed E-state index contributed by atoms with van der Waals surface area (Å²) >= 11 is 0. The van der Waals surface area contributed by atoms with E-state index in [4.69, 9.17) is 8.83 Å². The van der Waals surface area contributed by atoms with E-state index in [1.807, 2.05) is 72.8 Å². The van der Waals surface area contributed by atoms with Crippen LogP contribution in [0.4, 0.5) is 34.5 Å². The molecule has 0 radical (unpaired) electrons. The molecule has 2 heterocycles. The number of aliphatic imine (C=N–C) groups is 2. The van der Waals surface area contributed by atoms with Crippen molar-refractivity contribution in [3.05, 3.63) is 165 Å². The van der Waals surface area contributed by atoms with E-state index >= 15 is 0 Å². The molecule has 7 aromatic rings. The molecule has 0 bridgehead atoms. The van der Waals surface area contributed by atoms with Crippen LogP contribution in [0.5, 0.6) is 0 Å². The zero-order valence-corrected chi connectivity index (χ0v) is 24.4. The topological polar surface area (TPSA) is 109 Å². The lowest BCUT2D eigenvalue weighted by molar-refractivity contribution is 0.620. The Morgan fingerprint density at radius 2 is 0.891 bits per heavy atom. The van der Waals surface area contributed by atoms with E-state index < -0.39 is 0 Å². The van der Waals surface area contributed by atoms with Gasteiger partial charge in [0.25, 0.3) is 0 Å². The Labute approximate surface area is 263 Å². The van der Waals surface area contributed by atoms with Crippen LogP contribution in [0.3, 0.4) is 0 Å². The van der Waals surface area contributed by atoms with Gasteiger partial charge in [-0.25, -0.2) is 0 Å². The van der Waals surface area contributed by atoms with Crippen LogP contribution in [0, 0.1) is 0 Å². The van der Waals surface area contributed by atoms with E-state index in [1.54, 1.807) is 60.7 Å². The summed E-state index contributed by atoms with van der Waals surface area (Å²) in [6.45, 7) is 0. The van der Waals surface area contributed by atoms with Crippen LogP contribution >= 0.6 is 0 Å². The fourth-order valence-corrected chi connectivity index (χ4v) is 4.97.